The van der Waals surface area contributed by atoms with Crippen LogP contribution in [0.1, 0.15) is 25.3 Å². The minimum absolute atomic E-state index is 0.109. The Balaban J connectivity index is 2.10. The van der Waals surface area contributed by atoms with Crippen molar-refractivity contribution in [3.63, 3.8) is 0 Å². The van der Waals surface area contributed by atoms with Gasteiger partial charge in [-0.3, -0.25) is 14.5 Å². The molecule has 0 aromatic heterocycles. The topological polar surface area (TPSA) is 57.6 Å². The average molecular weight is 233 g/mol. The lowest BCUT2D eigenvalue weighted by Gasteiger charge is -2.28. The molecule has 1 aliphatic heterocycles. The predicted molar refractivity (Wildman–Crippen MR) is 62.1 cm³/mol. The highest BCUT2D eigenvalue weighted by Gasteiger charge is 2.29. The van der Waals surface area contributed by atoms with Gasteiger partial charge >= 0.3 is 0 Å². The molecule has 4 heteroatoms. The summed E-state index contributed by atoms with van der Waals surface area (Å²) in [5, 5.41) is 9.15. The smallest absolute Gasteiger partial charge is 0.229 e. The molecular formula is C13H15NO3. The van der Waals surface area contributed by atoms with E-state index in [4.69, 9.17) is 5.11 Å². The Hall–Kier alpha value is -1.84. The largest absolute Gasteiger partial charge is 0.508 e. The van der Waals surface area contributed by atoms with Crippen LogP contribution >= 0.6 is 0 Å². The third-order valence-corrected chi connectivity index (χ3v) is 2.93. The summed E-state index contributed by atoms with van der Waals surface area (Å²) in [5.74, 6) is 0.105. The number of likely N-dealkylation sites (tertiary alicyclic amines) is 1. The molecule has 1 heterocycles. The lowest BCUT2D eigenvalue weighted by atomic mass is 9.97. The second kappa shape index (κ2) is 4.57. The number of hydrogen-bond donors (Lipinski definition) is 1. The van der Waals surface area contributed by atoms with Crippen molar-refractivity contribution in [1.29, 1.82) is 0 Å². The van der Waals surface area contributed by atoms with Gasteiger partial charge in [-0.25, -0.2) is 0 Å². The van der Waals surface area contributed by atoms with Crippen LogP contribution in [0.25, 0.3) is 0 Å². The van der Waals surface area contributed by atoms with Gasteiger partial charge < -0.3 is 5.11 Å². The predicted octanol–water partition coefficient (Wildman–Crippen LogP) is 1.68. The summed E-state index contributed by atoms with van der Waals surface area (Å²) in [6, 6.07) is 6.54. The van der Waals surface area contributed by atoms with Crippen LogP contribution in [-0.2, 0) is 16.1 Å². The standard InChI is InChI=1S/C13H15NO3/c1-9-6-12(16)14(13(17)7-9)8-10-2-4-11(15)5-3-10/h2-5,9,15H,6-8H2,1H3. The molecule has 1 aliphatic rings. The molecule has 2 rings (SSSR count). The average Bonchev–Trinajstić information content (AvgIpc) is 2.26. The zero-order valence-corrected chi connectivity index (χ0v) is 9.72. The van der Waals surface area contributed by atoms with E-state index in [1.54, 1.807) is 24.3 Å². The molecule has 1 saturated heterocycles. The number of nitrogens with zero attached hydrogens (tertiary/aromatic N) is 1. The fourth-order valence-electron chi connectivity index (χ4n) is 1.99. The maximum atomic E-state index is 11.7. The maximum Gasteiger partial charge on any atom is 0.229 e. The zero-order valence-electron chi connectivity index (χ0n) is 9.72. The van der Waals surface area contributed by atoms with Crippen LogP contribution in [0.2, 0.25) is 0 Å². The molecular weight excluding hydrogens is 218 g/mol. The van der Waals surface area contributed by atoms with Crippen LogP contribution < -0.4 is 0 Å². The van der Waals surface area contributed by atoms with E-state index in [0.717, 1.165) is 5.56 Å². The number of hydrogen-bond acceptors (Lipinski definition) is 3. The number of carbonyl (C=O) groups is 2. The number of imide groups is 1. The van der Waals surface area contributed by atoms with Gasteiger partial charge in [0, 0.05) is 12.8 Å². The monoisotopic (exact) mass is 233 g/mol. The van der Waals surface area contributed by atoms with E-state index in [0.29, 0.717) is 19.4 Å². The molecule has 2 amide bonds. The van der Waals surface area contributed by atoms with Crippen LogP contribution in [0.5, 0.6) is 5.75 Å². The lowest BCUT2D eigenvalue weighted by Crippen LogP contribution is -2.42. The Bertz CT molecular complexity index is 420. The SMILES string of the molecule is CC1CC(=O)N(Cc2ccc(O)cc2)C(=O)C1. The molecule has 0 bridgehead atoms. The van der Waals surface area contributed by atoms with Crippen molar-refractivity contribution in [2.45, 2.75) is 26.3 Å². The fourth-order valence-corrected chi connectivity index (χ4v) is 1.99. The summed E-state index contributed by atoms with van der Waals surface area (Å²) >= 11 is 0. The first kappa shape index (κ1) is 11.6. The van der Waals surface area contributed by atoms with Crippen LogP contribution in [0.3, 0.4) is 0 Å². The summed E-state index contributed by atoms with van der Waals surface area (Å²) in [5.41, 5.74) is 0.846. The zero-order chi connectivity index (χ0) is 12.4. The van der Waals surface area contributed by atoms with E-state index in [9.17, 15) is 9.59 Å². The molecule has 0 spiro atoms. The van der Waals surface area contributed by atoms with Crippen LogP contribution in [0.4, 0.5) is 0 Å². The number of carbonyl (C=O) groups excluding carboxylic acids is 2. The number of phenolic OH excluding ortho intramolecular Hbond substituents is 1. The van der Waals surface area contributed by atoms with Crippen LogP contribution in [-0.4, -0.2) is 21.8 Å². The number of phenols is 1. The van der Waals surface area contributed by atoms with Gasteiger partial charge in [0.1, 0.15) is 5.75 Å². The molecule has 0 atom stereocenters. The van der Waals surface area contributed by atoms with Gasteiger partial charge in [-0.1, -0.05) is 19.1 Å². The molecule has 1 fully saturated rings. The van der Waals surface area contributed by atoms with Gasteiger partial charge in [0.2, 0.25) is 11.8 Å². The van der Waals surface area contributed by atoms with Crippen molar-refractivity contribution in [3.05, 3.63) is 29.8 Å². The van der Waals surface area contributed by atoms with Crippen molar-refractivity contribution >= 4 is 11.8 Å². The number of aromatic hydroxyl groups is 1. The highest BCUT2D eigenvalue weighted by molar-refractivity contribution is 5.97. The van der Waals surface area contributed by atoms with Crippen LogP contribution in [0.15, 0.2) is 24.3 Å². The van der Waals surface area contributed by atoms with E-state index in [2.05, 4.69) is 0 Å². The second-order valence-corrected chi connectivity index (χ2v) is 4.55. The summed E-state index contributed by atoms with van der Waals surface area (Å²) in [7, 11) is 0. The number of benzene rings is 1. The molecule has 0 radical (unpaired) electrons. The summed E-state index contributed by atoms with van der Waals surface area (Å²) in [6.07, 6.45) is 0.869. The van der Waals surface area contributed by atoms with Gasteiger partial charge in [0.25, 0.3) is 0 Å². The number of piperidine rings is 1. The Morgan fingerprint density at radius 3 is 2.24 bits per heavy atom. The quantitative estimate of drug-likeness (QED) is 0.790. The van der Waals surface area contributed by atoms with Crippen LogP contribution in [0, 0.1) is 5.92 Å². The van der Waals surface area contributed by atoms with E-state index >= 15 is 0 Å². The number of amides is 2. The number of rotatable bonds is 2. The van der Waals surface area contributed by atoms with E-state index in [1.165, 1.54) is 4.90 Å². The van der Waals surface area contributed by atoms with Crippen molar-refractivity contribution in [2.75, 3.05) is 0 Å². The highest BCUT2D eigenvalue weighted by Crippen LogP contribution is 2.21. The molecule has 4 nitrogen and oxygen atoms in total. The second-order valence-electron chi connectivity index (χ2n) is 4.55. The van der Waals surface area contributed by atoms with Crippen molar-refractivity contribution < 1.29 is 14.7 Å². The highest BCUT2D eigenvalue weighted by atomic mass is 16.3. The Kier molecular flexibility index (Phi) is 3.13. The first-order valence-corrected chi connectivity index (χ1v) is 5.67. The third kappa shape index (κ3) is 2.64. The molecule has 1 aromatic carbocycles. The minimum Gasteiger partial charge on any atom is -0.508 e. The molecule has 0 unspecified atom stereocenters. The van der Waals surface area contributed by atoms with Crippen molar-refractivity contribution in [3.8, 4) is 5.75 Å². The van der Waals surface area contributed by atoms with E-state index < -0.39 is 0 Å². The molecule has 90 valence electrons. The molecule has 17 heavy (non-hydrogen) atoms. The van der Waals surface area contributed by atoms with Gasteiger partial charge in [-0.05, 0) is 23.6 Å². The Morgan fingerprint density at radius 2 is 1.71 bits per heavy atom. The fraction of sp³-hybridized carbons (Fsp3) is 0.385. The molecule has 1 aromatic rings. The van der Waals surface area contributed by atoms with E-state index in [1.807, 2.05) is 6.92 Å². The van der Waals surface area contributed by atoms with Gasteiger partial charge in [-0.2, -0.15) is 0 Å². The minimum atomic E-state index is -0.109. The van der Waals surface area contributed by atoms with Gasteiger partial charge in [0.05, 0.1) is 6.54 Å². The lowest BCUT2D eigenvalue weighted by molar-refractivity contribution is -0.150. The first-order valence-electron chi connectivity index (χ1n) is 5.67. The van der Waals surface area contributed by atoms with Gasteiger partial charge in [-0.15, -0.1) is 0 Å². The first-order chi connectivity index (χ1) is 8.06. The summed E-state index contributed by atoms with van der Waals surface area (Å²) < 4.78 is 0. The maximum absolute atomic E-state index is 11.7. The summed E-state index contributed by atoms with van der Waals surface area (Å²) in [4.78, 5) is 24.8. The van der Waals surface area contributed by atoms with Gasteiger partial charge in [0.15, 0.2) is 0 Å². The Morgan fingerprint density at radius 1 is 1.18 bits per heavy atom. The molecule has 0 aliphatic carbocycles. The summed E-state index contributed by atoms with van der Waals surface area (Å²) in [6.45, 7) is 2.21. The van der Waals surface area contributed by atoms with E-state index in [-0.39, 0.29) is 23.5 Å². The van der Waals surface area contributed by atoms with Crippen molar-refractivity contribution in [1.82, 2.24) is 4.90 Å². The third-order valence-electron chi connectivity index (χ3n) is 2.93. The normalized spacial score (nSPS) is 17.6. The van der Waals surface area contributed by atoms with Crippen molar-refractivity contribution in [2.24, 2.45) is 5.92 Å². The molecule has 0 saturated carbocycles. The molecule has 1 N–H and O–H groups in total. The Labute approximate surface area is 99.9 Å².